The second-order valence-electron chi connectivity index (χ2n) is 15.5. The van der Waals surface area contributed by atoms with Crippen LogP contribution >= 0.6 is 0 Å². The number of ether oxygens (including phenoxy) is 3. The van der Waals surface area contributed by atoms with Crippen molar-refractivity contribution >= 4 is 17.9 Å². The molecule has 0 bridgehead atoms. The first-order valence-corrected chi connectivity index (χ1v) is 21.9. The maximum atomic E-state index is 12.6. The molecule has 0 saturated carbocycles. The first-order chi connectivity index (χ1) is 24.4. The lowest BCUT2D eigenvalue weighted by Crippen LogP contribution is -2.30. The number of carbonyl (C=O) groups excluding carboxylic acids is 3. The summed E-state index contributed by atoms with van der Waals surface area (Å²) in [6, 6.07) is 0. The molecule has 0 aliphatic rings. The van der Waals surface area contributed by atoms with Gasteiger partial charge in [0, 0.05) is 19.3 Å². The van der Waals surface area contributed by atoms with Gasteiger partial charge in [0.1, 0.15) is 13.2 Å². The third-order valence-electron chi connectivity index (χ3n) is 9.79. The van der Waals surface area contributed by atoms with Crippen LogP contribution in [0.5, 0.6) is 0 Å². The van der Waals surface area contributed by atoms with Gasteiger partial charge in [-0.2, -0.15) is 0 Å². The number of rotatable bonds is 39. The molecule has 296 valence electrons. The highest BCUT2D eigenvalue weighted by atomic mass is 16.6. The summed E-state index contributed by atoms with van der Waals surface area (Å²) in [4.78, 5) is 37.5. The van der Waals surface area contributed by atoms with Crippen molar-refractivity contribution in [3.8, 4) is 0 Å². The van der Waals surface area contributed by atoms with Crippen molar-refractivity contribution in [2.75, 3.05) is 13.2 Å². The van der Waals surface area contributed by atoms with Gasteiger partial charge < -0.3 is 14.2 Å². The van der Waals surface area contributed by atoms with Crippen LogP contribution in [-0.4, -0.2) is 37.2 Å². The Labute approximate surface area is 310 Å². The Morgan fingerprint density at radius 2 is 0.660 bits per heavy atom. The SMILES string of the molecule is CCCCCCCCCCCCCCCC(=O)OC[C@H](COC(=O)CCCCCCCCCC(C)C)OC(=O)CCCCCCCCCCC. The van der Waals surface area contributed by atoms with Crippen LogP contribution in [-0.2, 0) is 28.6 Å². The van der Waals surface area contributed by atoms with Crippen LogP contribution in [0.4, 0.5) is 0 Å². The Morgan fingerprint density at radius 3 is 0.980 bits per heavy atom. The lowest BCUT2D eigenvalue weighted by molar-refractivity contribution is -0.167. The average molecular weight is 709 g/mol. The van der Waals surface area contributed by atoms with Gasteiger partial charge in [0.25, 0.3) is 0 Å². The van der Waals surface area contributed by atoms with Crippen LogP contribution in [0, 0.1) is 5.92 Å². The summed E-state index contributed by atoms with van der Waals surface area (Å²) in [5, 5.41) is 0. The van der Waals surface area contributed by atoms with Gasteiger partial charge in [-0.3, -0.25) is 14.4 Å². The first-order valence-electron chi connectivity index (χ1n) is 21.9. The van der Waals surface area contributed by atoms with E-state index in [1.54, 1.807) is 0 Å². The number of esters is 3. The van der Waals surface area contributed by atoms with Crippen molar-refractivity contribution in [3.05, 3.63) is 0 Å². The maximum Gasteiger partial charge on any atom is 0.306 e. The van der Waals surface area contributed by atoms with E-state index >= 15 is 0 Å². The summed E-state index contributed by atoms with van der Waals surface area (Å²) >= 11 is 0. The third kappa shape index (κ3) is 37.7. The van der Waals surface area contributed by atoms with E-state index in [1.165, 1.54) is 135 Å². The minimum Gasteiger partial charge on any atom is -0.462 e. The van der Waals surface area contributed by atoms with E-state index in [9.17, 15) is 14.4 Å². The maximum absolute atomic E-state index is 12.6. The third-order valence-corrected chi connectivity index (χ3v) is 9.79. The quantitative estimate of drug-likeness (QED) is 0.0359. The Bertz CT molecular complexity index is 751. The molecule has 50 heavy (non-hydrogen) atoms. The van der Waals surface area contributed by atoms with Crippen LogP contribution in [0.25, 0.3) is 0 Å². The van der Waals surface area contributed by atoms with E-state index in [4.69, 9.17) is 14.2 Å². The molecule has 0 radical (unpaired) electrons. The second kappa shape index (κ2) is 38.6. The zero-order valence-corrected chi connectivity index (χ0v) is 33.9. The van der Waals surface area contributed by atoms with Crippen molar-refractivity contribution in [1.29, 1.82) is 0 Å². The van der Waals surface area contributed by atoms with Gasteiger partial charge in [0.15, 0.2) is 6.10 Å². The van der Waals surface area contributed by atoms with Crippen LogP contribution in [0.1, 0.15) is 240 Å². The molecule has 6 heteroatoms. The van der Waals surface area contributed by atoms with E-state index in [-0.39, 0.29) is 31.1 Å². The molecule has 1 atom stereocenters. The molecule has 0 heterocycles. The molecule has 0 aliphatic carbocycles. The smallest absolute Gasteiger partial charge is 0.306 e. The highest BCUT2D eigenvalue weighted by Crippen LogP contribution is 2.16. The summed E-state index contributed by atoms with van der Waals surface area (Å²) in [7, 11) is 0. The summed E-state index contributed by atoms with van der Waals surface area (Å²) < 4.78 is 16.6. The van der Waals surface area contributed by atoms with Crippen LogP contribution in [0.2, 0.25) is 0 Å². The van der Waals surface area contributed by atoms with E-state index < -0.39 is 6.10 Å². The highest BCUT2D eigenvalue weighted by Gasteiger charge is 2.19. The van der Waals surface area contributed by atoms with Crippen LogP contribution in [0.15, 0.2) is 0 Å². The molecule has 0 aromatic heterocycles. The predicted octanol–water partition coefficient (Wildman–Crippen LogP) is 13.6. The Hall–Kier alpha value is -1.59. The van der Waals surface area contributed by atoms with Gasteiger partial charge in [-0.1, -0.05) is 201 Å². The topological polar surface area (TPSA) is 78.9 Å². The standard InChI is InChI=1S/C44H84O6/c1-5-7-9-11-13-15-16-17-18-20-23-27-31-35-42(45)48-38-41(50-44(47)37-33-29-24-19-14-12-10-8-6-2)39-49-43(46)36-32-28-25-21-22-26-30-34-40(3)4/h40-41H,5-39H2,1-4H3/t41-/m1/s1. The zero-order valence-electron chi connectivity index (χ0n) is 33.9. The summed E-state index contributed by atoms with van der Waals surface area (Å²) in [6.45, 7) is 8.92. The van der Waals surface area contributed by atoms with Gasteiger partial charge in [0.2, 0.25) is 0 Å². The van der Waals surface area contributed by atoms with E-state index in [0.717, 1.165) is 63.7 Å². The molecule has 0 rings (SSSR count). The lowest BCUT2D eigenvalue weighted by Gasteiger charge is -2.18. The van der Waals surface area contributed by atoms with Crippen LogP contribution in [0.3, 0.4) is 0 Å². The van der Waals surface area contributed by atoms with Gasteiger partial charge in [-0.25, -0.2) is 0 Å². The van der Waals surface area contributed by atoms with E-state index in [1.807, 2.05) is 0 Å². The van der Waals surface area contributed by atoms with Gasteiger partial charge in [0.05, 0.1) is 0 Å². The molecule has 0 aliphatic heterocycles. The normalized spacial score (nSPS) is 11.9. The first kappa shape index (κ1) is 48.4. The summed E-state index contributed by atoms with van der Waals surface area (Å²) in [6.07, 6.45) is 36.6. The van der Waals surface area contributed by atoms with Crippen LogP contribution < -0.4 is 0 Å². The number of hydrogen-bond donors (Lipinski definition) is 0. The molecule has 0 spiro atoms. The monoisotopic (exact) mass is 709 g/mol. The summed E-state index contributed by atoms with van der Waals surface area (Å²) in [5.41, 5.74) is 0. The van der Waals surface area contributed by atoms with Crippen molar-refractivity contribution < 1.29 is 28.6 Å². The molecular weight excluding hydrogens is 624 g/mol. The minimum absolute atomic E-state index is 0.0646. The van der Waals surface area contributed by atoms with Crippen molar-refractivity contribution in [1.82, 2.24) is 0 Å². The second-order valence-corrected chi connectivity index (χ2v) is 15.5. The van der Waals surface area contributed by atoms with Crippen molar-refractivity contribution in [2.45, 2.75) is 246 Å². The molecule has 6 nitrogen and oxygen atoms in total. The van der Waals surface area contributed by atoms with Crippen molar-refractivity contribution in [3.63, 3.8) is 0 Å². The molecule has 0 unspecified atom stereocenters. The number of hydrogen-bond acceptors (Lipinski definition) is 6. The molecule has 0 aromatic rings. The highest BCUT2D eigenvalue weighted by molar-refractivity contribution is 5.71. The fourth-order valence-electron chi connectivity index (χ4n) is 6.45. The number of carbonyl (C=O) groups is 3. The average Bonchev–Trinajstić information content (AvgIpc) is 3.09. The van der Waals surface area contributed by atoms with Gasteiger partial charge in [-0.05, 0) is 25.2 Å². The number of unbranched alkanes of at least 4 members (excludes halogenated alkanes) is 26. The molecule has 0 aromatic carbocycles. The summed E-state index contributed by atoms with van der Waals surface area (Å²) in [5.74, 6) is -0.0800. The predicted molar refractivity (Wildman–Crippen MR) is 210 cm³/mol. The Kier molecular flexibility index (Phi) is 37.4. The molecule has 0 N–H and O–H groups in total. The largest absolute Gasteiger partial charge is 0.462 e. The van der Waals surface area contributed by atoms with E-state index in [2.05, 4.69) is 27.7 Å². The fraction of sp³-hybridized carbons (Fsp3) is 0.932. The fourth-order valence-corrected chi connectivity index (χ4v) is 6.45. The molecule has 0 fully saturated rings. The zero-order chi connectivity index (χ0) is 36.8. The van der Waals surface area contributed by atoms with Gasteiger partial charge >= 0.3 is 17.9 Å². The molecule has 0 saturated heterocycles. The minimum atomic E-state index is -0.758. The molecular formula is C44H84O6. The van der Waals surface area contributed by atoms with Crippen molar-refractivity contribution in [2.24, 2.45) is 5.92 Å². The Balaban J connectivity index is 4.31. The van der Waals surface area contributed by atoms with Gasteiger partial charge in [-0.15, -0.1) is 0 Å². The lowest BCUT2D eigenvalue weighted by atomic mass is 10.0. The molecule has 0 amide bonds. The Morgan fingerprint density at radius 1 is 0.380 bits per heavy atom. The van der Waals surface area contributed by atoms with E-state index in [0.29, 0.717) is 19.3 Å².